The van der Waals surface area contributed by atoms with E-state index in [1.807, 2.05) is 60.1 Å². The summed E-state index contributed by atoms with van der Waals surface area (Å²) in [5.41, 5.74) is 4.23. The zero-order chi connectivity index (χ0) is 33.6. The number of esters is 1. The van der Waals surface area contributed by atoms with Crippen molar-refractivity contribution in [3.05, 3.63) is 113 Å². The van der Waals surface area contributed by atoms with E-state index in [1.165, 1.54) is 18.5 Å². The molecule has 244 valence electrons. The van der Waals surface area contributed by atoms with Crippen molar-refractivity contribution in [3.63, 3.8) is 0 Å². The fourth-order valence-electron chi connectivity index (χ4n) is 5.34. The number of aryl methyl sites for hydroxylation is 1. The molecule has 0 aliphatic heterocycles. The molecule has 0 saturated carbocycles. The number of benzene rings is 3. The highest BCUT2D eigenvalue weighted by atomic mass is 79.9. The molecule has 0 aliphatic carbocycles. The second-order valence-corrected chi connectivity index (χ2v) is 11.4. The largest absolute Gasteiger partial charge is 0.496 e. The predicted octanol–water partition coefficient (Wildman–Crippen LogP) is 7.13. The lowest BCUT2D eigenvalue weighted by Gasteiger charge is -2.19. The Morgan fingerprint density at radius 1 is 0.958 bits per heavy atom. The fraction of sp³-hybridized carbons (Fsp3) is 0.194. The van der Waals surface area contributed by atoms with E-state index < -0.39 is 12.1 Å². The average Bonchev–Trinajstić information content (AvgIpc) is 3.37. The molecule has 0 N–H and O–H groups in total. The third-order valence-corrected chi connectivity index (χ3v) is 8.38. The molecule has 3 aromatic heterocycles. The first-order chi connectivity index (χ1) is 23.4. The molecule has 12 heteroatoms. The number of carbonyl (C=O) groups excluding carboxylic acids is 1. The lowest BCUT2D eigenvalue weighted by molar-refractivity contribution is -0.151. The van der Waals surface area contributed by atoms with Gasteiger partial charge in [-0.3, -0.25) is 0 Å². The summed E-state index contributed by atoms with van der Waals surface area (Å²) in [6.07, 6.45) is 2.12. The fourth-order valence-corrected chi connectivity index (χ4v) is 6.18. The van der Waals surface area contributed by atoms with E-state index in [9.17, 15) is 9.18 Å². The van der Waals surface area contributed by atoms with Crippen LogP contribution in [0.2, 0.25) is 0 Å². The SMILES string of the molecule is CCOC(=O)[C@@H](Cc1ccccc1OCc1ccnc(-c2ccccc2OC)n1)Oc1ncnc2c1c(Br)c(-c1ccc(F)cc1)n2C. The smallest absolute Gasteiger partial charge is 0.347 e. The first-order valence-electron chi connectivity index (χ1n) is 15.1. The van der Waals surface area contributed by atoms with E-state index in [0.717, 1.165) is 22.4 Å². The molecule has 48 heavy (non-hydrogen) atoms. The van der Waals surface area contributed by atoms with Gasteiger partial charge in [0.15, 0.2) is 5.82 Å². The zero-order valence-corrected chi connectivity index (χ0v) is 28.0. The maximum Gasteiger partial charge on any atom is 0.347 e. The maximum atomic E-state index is 13.7. The van der Waals surface area contributed by atoms with Crippen molar-refractivity contribution >= 4 is 32.9 Å². The number of methoxy groups -OCH3 is 1. The summed E-state index contributed by atoms with van der Waals surface area (Å²) < 4.78 is 39.6. The summed E-state index contributed by atoms with van der Waals surface area (Å²) in [4.78, 5) is 31.3. The number of aromatic nitrogens is 5. The van der Waals surface area contributed by atoms with Crippen molar-refractivity contribution in [1.82, 2.24) is 24.5 Å². The van der Waals surface area contributed by atoms with E-state index >= 15 is 0 Å². The van der Waals surface area contributed by atoms with Gasteiger partial charge in [-0.2, -0.15) is 0 Å². The summed E-state index contributed by atoms with van der Waals surface area (Å²) >= 11 is 3.69. The Labute approximate surface area is 284 Å². The van der Waals surface area contributed by atoms with E-state index in [2.05, 4.69) is 35.9 Å². The molecule has 0 amide bonds. The Balaban J connectivity index is 1.27. The normalized spacial score (nSPS) is 11.7. The van der Waals surface area contributed by atoms with Gasteiger partial charge in [-0.25, -0.2) is 29.1 Å². The van der Waals surface area contributed by atoms with Crippen LogP contribution in [0.3, 0.4) is 0 Å². The lowest BCUT2D eigenvalue weighted by atomic mass is 10.1. The van der Waals surface area contributed by atoms with Crippen LogP contribution in [0, 0.1) is 5.82 Å². The molecule has 0 saturated heterocycles. The number of nitrogens with zero attached hydrogens (tertiary/aromatic N) is 5. The first kappa shape index (κ1) is 32.6. The molecule has 1 atom stereocenters. The summed E-state index contributed by atoms with van der Waals surface area (Å²) in [6.45, 7) is 2.06. The Bertz CT molecular complexity index is 2070. The van der Waals surface area contributed by atoms with Gasteiger partial charge in [-0.15, -0.1) is 0 Å². The predicted molar refractivity (Wildman–Crippen MR) is 181 cm³/mol. The topological polar surface area (TPSA) is 110 Å². The molecular weight excluding hydrogens is 681 g/mol. The van der Waals surface area contributed by atoms with Crippen LogP contribution >= 0.6 is 15.9 Å². The minimum atomic E-state index is -1.06. The number of hydrogen-bond acceptors (Lipinski definition) is 9. The molecule has 0 radical (unpaired) electrons. The van der Waals surface area contributed by atoms with Gasteiger partial charge >= 0.3 is 5.97 Å². The summed E-state index contributed by atoms with van der Waals surface area (Å²) in [7, 11) is 3.45. The van der Waals surface area contributed by atoms with Crippen molar-refractivity contribution in [2.45, 2.75) is 26.1 Å². The maximum absolute atomic E-state index is 13.7. The molecule has 6 aromatic rings. The van der Waals surface area contributed by atoms with Gasteiger partial charge in [0.2, 0.25) is 12.0 Å². The summed E-state index contributed by atoms with van der Waals surface area (Å²) in [5, 5.41) is 0.563. The molecule has 3 aromatic carbocycles. The van der Waals surface area contributed by atoms with Crippen molar-refractivity contribution in [2.24, 2.45) is 7.05 Å². The van der Waals surface area contributed by atoms with Crippen LogP contribution in [-0.2, 0) is 29.6 Å². The molecular formula is C36H31BrFN5O5. The van der Waals surface area contributed by atoms with Gasteiger partial charge in [-0.1, -0.05) is 30.3 Å². The van der Waals surface area contributed by atoms with Gasteiger partial charge in [0.25, 0.3) is 0 Å². The van der Waals surface area contributed by atoms with Gasteiger partial charge in [0.05, 0.1) is 40.5 Å². The van der Waals surface area contributed by atoms with Crippen molar-refractivity contribution in [1.29, 1.82) is 0 Å². The highest BCUT2D eigenvalue weighted by Gasteiger charge is 2.28. The molecule has 0 unspecified atom stereocenters. The first-order valence-corrected chi connectivity index (χ1v) is 15.9. The lowest BCUT2D eigenvalue weighted by Crippen LogP contribution is -2.32. The Morgan fingerprint density at radius 2 is 1.71 bits per heavy atom. The summed E-state index contributed by atoms with van der Waals surface area (Å²) in [5.74, 6) is 1.04. The van der Waals surface area contributed by atoms with Crippen LogP contribution in [-0.4, -0.2) is 50.3 Å². The number of carbonyl (C=O) groups is 1. The molecule has 0 aliphatic rings. The standard InChI is InChI=1S/C36H31BrFN5O5/c1-4-46-36(44)29(48-35-30-31(37)32(22-13-15-24(38)16-14-22)43(2)34(30)40-21-41-35)19-23-9-5-7-11-27(23)47-20-25-17-18-39-33(42-25)26-10-6-8-12-28(26)45-3/h5-18,21,29H,4,19-20H2,1-3H3/t29-/m1/s1. The van der Waals surface area contributed by atoms with Crippen LogP contribution in [0.1, 0.15) is 18.2 Å². The second-order valence-electron chi connectivity index (χ2n) is 10.6. The highest BCUT2D eigenvalue weighted by molar-refractivity contribution is 9.10. The van der Waals surface area contributed by atoms with Crippen LogP contribution in [0.5, 0.6) is 17.4 Å². The molecule has 10 nitrogen and oxygen atoms in total. The minimum absolute atomic E-state index is 0.131. The third kappa shape index (κ3) is 6.84. The van der Waals surface area contributed by atoms with Crippen LogP contribution in [0.15, 0.2) is 95.9 Å². The number of halogens is 2. The molecule has 0 spiro atoms. The van der Waals surface area contributed by atoms with Crippen LogP contribution in [0.4, 0.5) is 4.39 Å². The number of ether oxygens (including phenoxy) is 4. The van der Waals surface area contributed by atoms with E-state index in [0.29, 0.717) is 38.5 Å². The van der Waals surface area contributed by atoms with E-state index in [1.54, 1.807) is 38.4 Å². The minimum Gasteiger partial charge on any atom is -0.496 e. The molecule has 0 fully saturated rings. The monoisotopic (exact) mass is 711 g/mol. The van der Waals surface area contributed by atoms with Gasteiger partial charge in [-0.05, 0) is 82.5 Å². The Morgan fingerprint density at radius 3 is 2.48 bits per heavy atom. The zero-order valence-electron chi connectivity index (χ0n) is 26.4. The van der Waals surface area contributed by atoms with Crippen molar-refractivity contribution in [2.75, 3.05) is 13.7 Å². The van der Waals surface area contributed by atoms with E-state index in [4.69, 9.17) is 18.9 Å². The molecule has 3 heterocycles. The summed E-state index contributed by atoms with van der Waals surface area (Å²) in [6, 6.07) is 22.9. The van der Waals surface area contributed by atoms with Crippen LogP contribution < -0.4 is 14.2 Å². The van der Waals surface area contributed by atoms with Gasteiger partial charge < -0.3 is 23.5 Å². The second kappa shape index (κ2) is 14.6. The Kier molecular flexibility index (Phi) is 9.91. The molecule has 0 bridgehead atoms. The van der Waals surface area contributed by atoms with Gasteiger partial charge in [0.1, 0.15) is 35.9 Å². The van der Waals surface area contributed by atoms with Crippen molar-refractivity contribution < 1.29 is 28.1 Å². The number of para-hydroxylation sites is 2. The highest BCUT2D eigenvalue weighted by Crippen LogP contribution is 2.40. The molecule has 6 rings (SSSR count). The number of rotatable bonds is 12. The van der Waals surface area contributed by atoms with Crippen LogP contribution in [0.25, 0.3) is 33.7 Å². The third-order valence-electron chi connectivity index (χ3n) is 7.61. The number of hydrogen-bond donors (Lipinski definition) is 0. The average molecular weight is 713 g/mol. The van der Waals surface area contributed by atoms with E-state index in [-0.39, 0.29) is 31.3 Å². The van der Waals surface area contributed by atoms with Crippen molar-refractivity contribution in [3.8, 4) is 40.0 Å². The Hall–Kier alpha value is -5.36. The number of fused-ring (bicyclic) bond motifs is 1. The quantitative estimate of drug-likeness (QED) is 0.122. The van der Waals surface area contributed by atoms with Gasteiger partial charge in [0, 0.05) is 19.7 Å².